The fourth-order valence-electron chi connectivity index (χ4n) is 3.51. The van der Waals surface area contributed by atoms with E-state index in [1.807, 2.05) is 30.3 Å². The van der Waals surface area contributed by atoms with Crippen LogP contribution in [0.2, 0.25) is 0 Å². The number of ether oxygens (including phenoxy) is 1. The van der Waals surface area contributed by atoms with Crippen LogP contribution in [0.25, 0.3) is 0 Å². The number of thiazole rings is 1. The van der Waals surface area contributed by atoms with Crippen molar-refractivity contribution in [1.29, 1.82) is 0 Å². The van der Waals surface area contributed by atoms with Gasteiger partial charge in [-0.25, -0.2) is 14.6 Å². The number of carboxylic acids is 2. The van der Waals surface area contributed by atoms with E-state index in [0.29, 0.717) is 28.1 Å². The Kier molecular flexibility index (Phi) is 7.74. The van der Waals surface area contributed by atoms with E-state index in [1.165, 1.54) is 37.3 Å². The number of benzene rings is 1. The molecule has 2 aromatic rings. The summed E-state index contributed by atoms with van der Waals surface area (Å²) in [7, 11) is 0. The molecule has 164 valence electrons. The first-order chi connectivity index (χ1) is 14.9. The van der Waals surface area contributed by atoms with Crippen LogP contribution in [0.5, 0.6) is 10.9 Å². The maximum Gasteiger partial charge on any atom is 0.328 e. The Labute approximate surface area is 183 Å². The van der Waals surface area contributed by atoms with E-state index in [0.717, 1.165) is 12.3 Å². The van der Waals surface area contributed by atoms with E-state index in [2.05, 4.69) is 15.2 Å². The van der Waals surface area contributed by atoms with Gasteiger partial charge >= 0.3 is 11.9 Å². The summed E-state index contributed by atoms with van der Waals surface area (Å²) in [6, 6.07) is 9.75. The number of nitrogens with zero attached hydrogens (tertiary/aromatic N) is 2. The van der Waals surface area contributed by atoms with Crippen molar-refractivity contribution in [2.75, 3.05) is 19.6 Å². The number of nitrogens with one attached hydrogen (secondary N) is 1. The smallest absolute Gasteiger partial charge is 0.328 e. The summed E-state index contributed by atoms with van der Waals surface area (Å²) >= 11 is 1.29. The molecular formula is C21H23N3O6S. The Morgan fingerprint density at radius 1 is 1.10 bits per heavy atom. The lowest BCUT2D eigenvalue weighted by atomic mass is 9.84. The Hall–Kier alpha value is -3.24. The van der Waals surface area contributed by atoms with Crippen LogP contribution in [0, 0.1) is 5.92 Å². The zero-order chi connectivity index (χ0) is 22.2. The highest BCUT2D eigenvalue weighted by Gasteiger charge is 2.35. The lowest BCUT2D eigenvalue weighted by molar-refractivity contribution is -0.134. The predicted octanol–water partition coefficient (Wildman–Crippen LogP) is 2.47. The average molecular weight is 445 g/mol. The first-order valence-electron chi connectivity index (χ1n) is 9.76. The molecule has 3 fully saturated rings. The van der Waals surface area contributed by atoms with E-state index in [9.17, 15) is 14.4 Å². The summed E-state index contributed by atoms with van der Waals surface area (Å²) in [5.41, 5.74) is 0. The standard InChI is InChI=1S/C17H19N3O2S.C4H4O4/c21-16(19-14-11-20-8-6-12(14)7-9-20)15-10-18-17(23-15)22-13-4-2-1-3-5-13;5-3(6)1-2-4(7)8/h1-5,10,12,14H,6-9,11H2,(H,19,21);1-2H,(H,5,6)(H,7,8)/b;2-1+/t14-;/m0./s1. The number of amides is 1. The highest BCUT2D eigenvalue weighted by Crippen LogP contribution is 2.29. The van der Waals surface area contributed by atoms with E-state index in [-0.39, 0.29) is 11.9 Å². The van der Waals surface area contributed by atoms with Crippen molar-refractivity contribution in [2.24, 2.45) is 5.92 Å². The number of carbonyl (C=O) groups excluding carboxylic acids is 1. The Morgan fingerprint density at radius 3 is 2.29 bits per heavy atom. The van der Waals surface area contributed by atoms with Crippen LogP contribution in [0.4, 0.5) is 0 Å². The zero-order valence-electron chi connectivity index (χ0n) is 16.6. The lowest BCUT2D eigenvalue weighted by Crippen LogP contribution is -2.57. The molecule has 0 radical (unpaired) electrons. The van der Waals surface area contributed by atoms with Crippen LogP contribution >= 0.6 is 11.3 Å². The second-order valence-corrected chi connectivity index (χ2v) is 8.13. The summed E-state index contributed by atoms with van der Waals surface area (Å²) in [6.07, 6.45) is 5.09. The molecule has 9 nitrogen and oxygen atoms in total. The molecule has 10 heteroatoms. The number of piperidine rings is 3. The molecule has 5 rings (SSSR count). The number of carbonyl (C=O) groups is 3. The van der Waals surface area contributed by atoms with Crippen LogP contribution < -0.4 is 10.1 Å². The van der Waals surface area contributed by atoms with E-state index in [1.54, 1.807) is 6.20 Å². The minimum Gasteiger partial charge on any atom is -0.478 e. The summed E-state index contributed by atoms with van der Waals surface area (Å²) in [6.45, 7) is 3.32. The van der Waals surface area contributed by atoms with Gasteiger partial charge in [-0.3, -0.25) is 4.79 Å². The van der Waals surface area contributed by atoms with Crippen LogP contribution in [-0.4, -0.2) is 63.6 Å². The lowest BCUT2D eigenvalue weighted by Gasteiger charge is -2.44. The number of hydrogen-bond donors (Lipinski definition) is 3. The minimum absolute atomic E-state index is 0.0378. The monoisotopic (exact) mass is 445 g/mol. The molecule has 31 heavy (non-hydrogen) atoms. The van der Waals surface area contributed by atoms with Crippen molar-refractivity contribution in [2.45, 2.75) is 18.9 Å². The molecule has 1 amide bonds. The summed E-state index contributed by atoms with van der Waals surface area (Å²) < 4.78 is 5.67. The van der Waals surface area contributed by atoms with Gasteiger partial charge in [-0.05, 0) is 44.0 Å². The van der Waals surface area contributed by atoms with Crippen LogP contribution in [-0.2, 0) is 9.59 Å². The summed E-state index contributed by atoms with van der Waals surface area (Å²) in [4.78, 5) is 38.8. The SMILES string of the molecule is O=C(N[C@H]1CN2CCC1CC2)c1cnc(Oc2ccccc2)s1.O=C(O)/C=C/C(=O)O. The molecule has 3 N–H and O–H groups in total. The van der Waals surface area contributed by atoms with Gasteiger partial charge in [0.25, 0.3) is 11.1 Å². The van der Waals surface area contributed by atoms with Crippen molar-refractivity contribution in [3.8, 4) is 10.9 Å². The maximum absolute atomic E-state index is 12.4. The number of aromatic nitrogens is 1. The fraction of sp³-hybridized carbons (Fsp3) is 0.333. The number of aliphatic carboxylic acids is 2. The second-order valence-electron chi connectivity index (χ2n) is 7.13. The Balaban J connectivity index is 0.000000293. The maximum atomic E-state index is 12.4. The third-order valence-corrected chi connectivity index (χ3v) is 5.87. The highest BCUT2D eigenvalue weighted by molar-refractivity contribution is 7.15. The van der Waals surface area contributed by atoms with Gasteiger partial charge in [-0.1, -0.05) is 29.5 Å². The summed E-state index contributed by atoms with van der Waals surface area (Å²) in [5.74, 6) is -1.20. The van der Waals surface area contributed by atoms with Gasteiger partial charge in [-0.2, -0.15) is 0 Å². The number of carboxylic acid groups (broad SMARTS) is 2. The molecule has 1 aromatic carbocycles. The fourth-order valence-corrected chi connectivity index (χ4v) is 4.20. The van der Waals surface area contributed by atoms with Crippen LogP contribution in [0.1, 0.15) is 22.5 Å². The van der Waals surface area contributed by atoms with Crippen molar-refractivity contribution in [3.63, 3.8) is 0 Å². The van der Waals surface area contributed by atoms with Gasteiger partial charge in [-0.15, -0.1) is 0 Å². The van der Waals surface area contributed by atoms with Gasteiger partial charge in [0.15, 0.2) is 0 Å². The molecule has 1 atom stereocenters. The zero-order valence-corrected chi connectivity index (χ0v) is 17.5. The minimum atomic E-state index is -1.26. The molecule has 3 aliphatic rings. The molecule has 0 unspecified atom stereocenters. The topological polar surface area (TPSA) is 129 Å². The quantitative estimate of drug-likeness (QED) is 0.579. The molecular weight excluding hydrogens is 422 g/mol. The van der Waals surface area contributed by atoms with Crippen molar-refractivity contribution in [1.82, 2.24) is 15.2 Å². The first-order valence-corrected chi connectivity index (χ1v) is 10.6. The van der Waals surface area contributed by atoms with Crippen molar-refractivity contribution >= 4 is 29.2 Å². The van der Waals surface area contributed by atoms with Crippen molar-refractivity contribution < 1.29 is 29.3 Å². The Bertz CT molecular complexity index is 922. The molecule has 0 saturated carbocycles. The second kappa shape index (κ2) is 10.7. The van der Waals surface area contributed by atoms with E-state index in [4.69, 9.17) is 14.9 Å². The van der Waals surface area contributed by atoms with Crippen LogP contribution in [0.15, 0.2) is 48.7 Å². The normalized spacial score (nSPS) is 21.7. The first kappa shape index (κ1) is 22.4. The summed E-state index contributed by atoms with van der Waals surface area (Å²) in [5, 5.41) is 19.3. The van der Waals surface area contributed by atoms with E-state index < -0.39 is 11.9 Å². The molecule has 3 saturated heterocycles. The molecule has 2 bridgehead atoms. The molecule has 1 aromatic heterocycles. The molecule has 4 heterocycles. The van der Waals surface area contributed by atoms with E-state index >= 15 is 0 Å². The largest absolute Gasteiger partial charge is 0.478 e. The van der Waals surface area contributed by atoms with Gasteiger partial charge < -0.3 is 25.2 Å². The average Bonchev–Trinajstić information content (AvgIpc) is 3.23. The van der Waals surface area contributed by atoms with Gasteiger partial charge in [0.2, 0.25) is 0 Å². The van der Waals surface area contributed by atoms with Crippen LogP contribution in [0.3, 0.4) is 0 Å². The number of para-hydroxylation sites is 1. The molecule has 0 aliphatic carbocycles. The number of hydrogen-bond acceptors (Lipinski definition) is 7. The third-order valence-electron chi connectivity index (χ3n) is 5.00. The highest BCUT2D eigenvalue weighted by atomic mass is 32.1. The third kappa shape index (κ3) is 6.90. The number of fused-ring (bicyclic) bond motifs is 3. The van der Waals surface area contributed by atoms with Gasteiger partial charge in [0.05, 0.1) is 6.20 Å². The predicted molar refractivity (Wildman–Crippen MR) is 113 cm³/mol. The Morgan fingerprint density at radius 2 is 1.74 bits per heavy atom. The van der Waals surface area contributed by atoms with Gasteiger partial charge in [0.1, 0.15) is 10.6 Å². The molecule has 0 spiro atoms. The number of rotatable bonds is 6. The molecule has 3 aliphatic heterocycles. The van der Waals surface area contributed by atoms with Gasteiger partial charge in [0, 0.05) is 24.7 Å². The van der Waals surface area contributed by atoms with Crippen molar-refractivity contribution in [3.05, 3.63) is 53.6 Å².